The summed E-state index contributed by atoms with van der Waals surface area (Å²) in [6.45, 7) is 15.4. The number of carbonyl (C=O) groups excluding carboxylic acids is 1. The second kappa shape index (κ2) is 8.81. The van der Waals surface area contributed by atoms with Crippen LogP contribution in [0, 0.1) is 0 Å². The van der Waals surface area contributed by atoms with Gasteiger partial charge >= 0.3 is 5.97 Å². The van der Waals surface area contributed by atoms with Crippen LogP contribution in [0.5, 0.6) is 0 Å². The van der Waals surface area contributed by atoms with E-state index in [-0.39, 0.29) is 11.0 Å². The smallest absolute Gasteiger partial charge is 0.306 e. The molecule has 1 aromatic carbocycles. The fraction of sp³-hybridized carbons (Fsp3) is 0.571. The first-order chi connectivity index (χ1) is 11.6. The molecule has 4 heteroatoms. The predicted octanol–water partition coefficient (Wildman–Crippen LogP) is 5.45. The van der Waals surface area contributed by atoms with E-state index < -0.39 is 13.3 Å². The molecule has 0 saturated heterocycles. The lowest BCUT2D eigenvalue weighted by atomic mass is 10.2. The van der Waals surface area contributed by atoms with Gasteiger partial charge in [0.1, 0.15) is 13.3 Å². The van der Waals surface area contributed by atoms with E-state index in [0.29, 0.717) is 19.3 Å². The maximum atomic E-state index is 12.1. The molecule has 0 fully saturated rings. The summed E-state index contributed by atoms with van der Waals surface area (Å²) in [5, 5.41) is -0.601. The van der Waals surface area contributed by atoms with Crippen LogP contribution in [-0.4, -0.2) is 25.5 Å². The molecule has 1 rings (SSSR count). The molecule has 1 aromatic rings. The van der Waals surface area contributed by atoms with Crippen molar-refractivity contribution >= 4 is 14.0 Å². The zero-order chi connectivity index (χ0) is 19.1. The van der Waals surface area contributed by atoms with Gasteiger partial charge in [0.15, 0.2) is 0 Å². The fourth-order valence-electron chi connectivity index (χ4n) is 3.01. The van der Waals surface area contributed by atoms with Crippen LogP contribution < -0.4 is 0 Å². The van der Waals surface area contributed by atoms with Gasteiger partial charge in [-0.15, -0.1) is 0 Å². The van der Waals surface area contributed by atoms with Gasteiger partial charge in [-0.25, -0.2) is 0 Å². The van der Waals surface area contributed by atoms with Gasteiger partial charge in [-0.3, -0.25) is 4.79 Å². The Labute approximate surface area is 154 Å². The molecule has 0 aromatic heterocycles. The molecule has 0 saturated carbocycles. The van der Waals surface area contributed by atoms with Gasteiger partial charge in [0.25, 0.3) is 0 Å². The second-order valence-corrected chi connectivity index (χ2v) is 13.4. The summed E-state index contributed by atoms with van der Waals surface area (Å²) in [7, 11) is -2.21. The number of ether oxygens (including phenoxy) is 2. The number of benzene rings is 1. The van der Waals surface area contributed by atoms with E-state index >= 15 is 0 Å². The molecular weight excluding hydrogens is 328 g/mol. The Kier molecular flexibility index (Phi) is 7.63. The van der Waals surface area contributed by atoms with E-state index in [9.17, 15) is 4.79 Å². The van der Waals surface area contributed by atoms with Crippen molar-refractivity contribution in [2.24, 2.45) is 0 Å². The van der Waals surface area contributed by atoms with Crippen LogP contribution >= 0.6 is 0 Å². The van der Waals surface area contributed by atoms with E-state index in [4.69, 9.17) is 9.47 Å². The zero-order valence-electron chi connectivity index (χ0n) is 16.9. The highest BCUT2D eigenvalue weighted by Crippen LogP contribution is 2.45. The summed E-state index contributed by atoms with van der Waals surface area (Å²) in [6.07, 6.45) is 5.04. The quantitative estimate of drug-likeness (QED) is 0.350. The molecule has 0 N–H and O–H groups in total. The highest BCUT2D eigenvalue weighted by Gasteiger charge is 2.55. The van der Waals surface area contributed by atoms with E-state index in [2.05, 4.69) is 39.5 Å². The number of carbonyl (C=O) groups is 1. The van der Waals surface area contributed by atoms with Gasteiger partial charge in [-0.2, -0.15) is 0 Å². The van der Waals surface area contributed by atoms with Crippen LogP contribution in [0.2, 0.25) is 11.6 Å². The molecular formula is C21H34O3Si. The Balaban J connectivity index is 3.07. The van der Waals surface area contributed by atoms with Crippen molar-refractivity contribution in [3.63, 3.8) is 0 Å². The molecule has 0 amide bonds. The molecule has 3 nitrogen and oxygen atoms in total. The Morgan fingerprint density at radius 3 is 2.24 bits per heavy atom. The molecule has 0 spiro atoms. The van der Waals surface area contributed by atoms with Gasteiger partial charge in [0, 0.05) is 12.7 Å². The number of hydrogen-bond acceptors (Lipinski definition) is 3. The number of esters is 1. The zero-order valence-corrected chi connectivity index (χ0v) is 17.9. The maximum absolute atomic E-state index is 12.1. The van der Waals surface area contributed by atoms with Crippen molar-refractivity contribution in [2.45, 2.75) is 71.4 Å². The Morgan fingerprint density at radius 2 is 1.76 bits per heavy atom. The van der Waals surface area contributed by atoms with Crippen LogP contribution in [0.25, 0.3) is 0 Å². The summed E-state index contributed by atoms with van der Waals surface area (Å²) in [5.41, 5.74) is 1.16. The summed E-state index contributed by atoms with van der Waals surface area (Å²) < 4.78 is 12.1. The maximum Gasteiger partial charge on any atom is 0.306 e. The van der Waals surface area contributed by atoms with Crippen molar-refractivity contribution in [1.29, 1.82) is 0 Å². The summed E-state index contributed by atoms with van der Waals surface area (Å²) >= 11 is 0. The first-order valence-electron chi connectivity index (χ1n) is 9.07. The molecule has 140 valence electrons. The Hall–Kier alpha value is -1.39. The minimum Gasteiger partial charge on any atom is -0.459 e. The van der Waals surface area contributed by atoms with Crippen LogP contribution in [0.15, 0.2) is 42.5 Å². The molecule has 0 aliphatic carbocycles. The van der Waals surface area contributed by atoms with Crippen molar-refractivity contribution in [2.75, 3.05) is 6.23 Å². The fourth-order valence-corrected chi connectivity index (χ4v) is 6.60. The van der Waals surface area contributed by atoms with Crippen molar-refractivity contribution < 1.29 is 14.3 Å². The third kappa shape index (κ3) is 5.29. The predicted molar refractivity (Wildman–Crippen MR) is 107 cm³/mol. The van der Waals surface area contributed by atoms with Gasteiger partial charge in [0.2, 0.25) is 0 Å². The summed E-state index contributed by atoms with van der Waals surface area (Å²) in [6, 6.07) is 10.2. The Bertz CT molecular complexity index is 577. The first kappa shape index (κ1) is 21.6. The minimum absolute atomic E-state index is 0.00592. The lowest BCUT2D eigenvalue weighted by molar-refractivity contribution is -0.149. The van der Waals surface area contributed by atoms with Crippen LogP contribution in [0.1, 0.15) is 53.5 Å². The summed E-state index contributed by atoms with van der Waals surface area (Å²) in [4.78, 5) is 12.1. The molecule has 0 radical (unpaired) electrons. The molecule has 0 aliphatic rings. The SMILES string of the molecule is C/C=C/[C@](C)(OC(=O)CC)[Si@](C)(COCc1ccccc1)C(C)(C)C. The monoisotopic (exact) mass is 362 g/mol. The second-order valence-electron chi connectivity index (χ2n) is 8.00. The molecule has 0 aliphatic heterocycles. The molecule has 0 unspecified atom stereocenters. The molecule has 0 heterocycles. The Morgan fingerprint density at radius 1 is 1.16 bits per heavy atom. The van der Waals surface area contributed by atoms with Gasteiger partial charge in [-0.1, -0.05) is 70.6 Å². The highest BCUT2D eigenvalue weighted by molar-refractivity contribution is 6.84. The van der Waals surface area contributed by atoms with Crippen LogP contribution in [0.3, 0.4) is 0 Å². The third-order valence-electron chi connectivity index (χ3n) is 5.35. The van der Waals surface area contributed by atoms with Crippen molar-refractivity contribution in [3.05, 3.63) is 48.0 Å². The van der Waals surface area contributed by atoms with Gasteiger partial charge in [-0.05, 0) is 30.5 Å². The average molecular weight is 363 g/mol. The number of rotatable bonds is 8. The lowest BCUT2D eigenvalue weighted by Gasteiger charge is -2.50. The summed E-state index contributed by atoms with van der Waals surface area (Å²) in [5.74, 6) is -0.161. The van der Waals surface area contributed by atoms with Crippen LogP contribution in [-0.2, 0) is 20.9 Å². The van der Waals surface area contributed by atoms with Crippen molar-refractivity contribution in [3.8, 4) is 0 Å². The average Bonchev–Trinajstić information content (AvgIpc) is 2.54. The minimum atomic E-state index is -2.21. The largest absolute Gasteiger partial charge is 0.459 e. The topological polar surface area (TPSA) is 35.5 Å². The normalized spacial score (nSPS) is 17.1. The number of allylic oxidation sites excluding steroid dienone is 1. The van der Waals surface area contributed by atoms with E-state index in [1.54, 1.807) is 0 Å². The third-order valence-corrected chi connectivity index (χ3v) is 11.9. The van der Waals surface area contributed by atoms with E-state index in [1.165, 1.54) is 0 Å². The lowest BCUT2D eigenvalue weighted by Crippen LogP contribution is -2.64. The number of hydrogen-bond donors (Lipinski definition) is 0. The van der Waals surface area contributed by atoms with Crippen molar-refractivity contribution in [1.82, 2.24) is 0 Å². The molecule has 25 heavy (non-hydrogen) atoms. The van der Waals surface area contributed by atoms with Gasteiger partial charge in [0.05, 0.1) is 6.61 Å². The molecule has 2 atom stereocenters. The molecule has 0 bridgehead atoms. The first-order valence-corrected chi connectivity index (χ1v) is 11.8. The highest BCUT2D eigenvalue weighted by atomic mass is 28.3. The van der Waals surface area contributed by atoms with E-state index in [1.807, 2.05) is 51.1 Å². The van der Waals surface area contributed by atoms with Crippen LogP contribution in [0.4, 0.5) is 0 Å². The van der Waals surface area contributed by atoms with Gasteiger partial charge < -0.3 is 9.47 Å². The standard InChI is InChI=1S/C21H34O3Si/c1-8-15-21(6,24-19(22)9-2)25(7,20(3,4)5)17-23-16-18-13-11-10-12-14-18/h8,10-15H,9,16-17H2,1-7H3/b15-8+/t21-,25-/m1/s1. The van der Waals surface area contributed by atoms with E-state index in [0.717, 1.165) is 5.56 Å².